The van der Waals surface area contributed by atoms with Crippen LogP contribution in [-0.4, -0.2) is 4.98 Å². The van der Waals surface area contributed by atoms with E-state index in [-0.39, 0.29) is 0 Å². The number of H-pyrrole nitrogens is 1. The summed E-state index contributed by atoms with van der Waals surface area (Å²) in [6.45, 7) is 2.35. The van der Waals surface area contributed by atoms with E-state index in [9.17, 15) is 0 Å². The van der Waals surface area contributed by atoms with Gasteiger partial charge in [-0.05, 0) is 64.1 Å². The highest BCUT2D eigenvalue weighted by molar-refractivity contribution is 6.19. The highest BCUT2D eigenvalue weighted by Gasteiger charge is 2.27. The molecule has 1 unspecified atom stereocenters. The Balaban J connectivity index is 1.29. The fourth-order valence-corrected chi connectivity index (χ4v) is 7.87. The molecule has 210 valence electrons. The van der Waals surface area contributed by atoms with Crippen LogP contribution in [0.4, 0.5) is 0 Å². The van der Waals surface area contributed by atoms with Crippen LogP contribution < -0.4 is 0 Å². The average molecular weight is 574 g/mol. The topological polar surface area (TPSA) is 28.9 Å². The second kappa shape index (κ2) is 9.11. The van der Waals surface area contributed by atoms with Gasteiger partial charge in [0.05, 0.1) is 5.52 Å². The zero-order valence-electron chi connectivity index (χ0n) is 24.7. The first kappa shape index (κ1) is 24.6. The van der Waals surface area contributed by atoms with Crippen LogP contribution in [0.1, 0.15) is 30.4 Å². The second-order valence-corrected chi connectivity index (χ2v) is 12.4. The Morgan fingerprint density at radius 1 is 0.733 bits per heavy atom. The van der Waals surface area contributed by atoms with Crippen molar-refractivity contribution in [1.29, 1.82) is 0 Å². The van der Waals surface area contributed by atoms with Crippen LogP contribution in [0, 0.1) is 12.1 Å². The summed E-state index contributed by atoms with van der Waals surface area (Å²) in [5.41, 5.74) is 11.6. The normalized spacial score (nSPS) is 14.6. The van der Waals surface area contributed by atoms with Gasteiger partial charge in [-0.15, -0.1) is 0 Å². The van der Waals surface area contributed by atoms with E-state index >= 15 is 0 Å². The molecule has 10 rings (SSSR count). The lowest BCUT2D eigenvalue weighted by Gasteiger charge is -2.27. The number of rotatable bonds is 2. The number of furan rings is 1. The van der Waals surface area contributed by atoms with E-state index in [0.717, 1.165) is 50.2 Å². The van der Waals surface area contributed by atoms with Crippen LogP contribution in [0.3, 0.4) is 0 Å². The molecule has 0 radical (unpaired) electrons. The zero-order chi connectivity index (χ0) is 29.6. The molecule has 2 heterocycles. The number of allylic oxidation sites excluding steroid dienone is 1. The first-order valence-corrected chi connectivity index (χ1v) is 15.7. The monoisotopic (exact) mass is 573 g/mol. The van der Waals surface area contributed by atoms with Crippen molar-refractivity contribution in [3.63, 3.8) is 0 Å². The zero-order valence-corrected chi connectivity index (χ0v) is 24.7. The van der Waals surface area contributed by atoms with E-state index in [0.29, 0.717) is 5.92 Å². The van der Waals surface area contributed by atoms with Crippen molar-refractivity contribution >= 4 is 71.4 Å². The van der Waals surface area contributed by atoms with E-state index in [4.69, 9.17) is 4.42 Å². The van der Waals surface area contributed by atoms with E-state index in [2.05, 4.69) is 133 Å². The first-order valence-electron chi connectivity index (χ1n) is 15.7. The van der Waals surface area contributed by atoms with Crippen molar-refractivity contribution < 1.29 is 4.42 Å². The molecule has 2 heteroatoms. The summed E-state index contributed by atoms with van der Waals surface area (Å²) in [6, 6.07) is 46.0. The molecule has 45 heavy (non-hydrogen) atoms. The minimum absolute atomic E-state index is 0.342. The number of aromatic nitrogens is 1. The third kappa shape index (κ3) is 3.41. The van der Waals surface area contributed by atoms with Crippen LogP contribution in [0.5, 0.6) is 0 Å². The van der Waals surface area contributed by atoms with Gasteiger partial charge in [0.15, 0.2) is 0 Å². The highest BCUT2D eigenvalue weighted by Crippen LogP contribution is 2.49. The van der Waals surface area contributed by atoms with Gasteiger partial charge < -0.3 is 9.40 Å². The molecule has 1 aliphatic rings. The van der Waals surface area contributed by atoms with Gasteiger partial charge in [0.2, 0.25) is 0 Å². The number of para-hydroxylation sites is 2. The Labute approximate surface area is 260 Å². The molecule has 0 fully saturated rings. The van der Waals surface area contributed by atoms with Gasteiger partial charge in [-0.25, -0.2) is 0 Å². The van der Waals surface area contributed by atoms with Gasteiger partial charge in [0.1, 0.15) is 11.2 Å². The third-order valence-electron chi connectivity index (χ3n) is 9.88. The minimum atomic E-state index is 0.342. The molecule has 2 nitrogen and oxygen atoms in total. The minimum Gasteiger partial charge on any atom is -0.455 e. The van der Waals surface area contributed by atoms with Gasteiger partial charge in [-0.1, -0.05) is 116 Å². The molecule has 0 bridgehead atoms. The molecular weight excluding hydrogens is 546 g/mol. The highest BCUT2D eigenvalue weighted by atomic mass is 16.3. The summed E-state index contributed by atoms with van der Waals surface area (Å²) in [4.78, 5) is 3.80. The number of fused-ring (bicyclic) bond motifs is 10. The lowest BCUT2D eigenvalue weighted by molar-refractivity contribution is 0.670. The SMILES string of the molecule is CC1CC=Cc2c1c(-c1ccc3c(c1)[nH]c1c4ccccc4ccc31)c1c#cccc1c2-c1cccc2c1oc1ccccc12. The van der Waals surface area contributed by atoms with Crippen molar-refractivity contribution in [2.75, 3.05) is 0 Å². The van der Waals surface area contributed by atoms with Gasteiger partial charge >= 0.3 is 0 Å². The largest absolute Gasteiger partial charge is 0.455 e. The Kier molecular flexibility index (Phi) is 4.99. The van der Waals surface area contributed by atoms with Gasteiger partial charge in [-0.2, -0.15) is 0 Å². The van der Waals surface area contributed by atoms with Gasteiger partial charge in [0.25, 0.3) is 0 Å². The summed E-state index contributed by atoms with van der Waals surface area (Å²) in [5, 5.41) is 9.55. The van der Waals surface area contributed by atoms with E-state index in [1.807, 2.05) is 12.1 Å². The molecule has 7 aromatic carbocycles. The lowest BCUT2D eigenvalue weighted by Crippen LogP contribution is -2.06. The van der Waals surface area contributed by atoms with Gasteiger partial charge in [-0.3, -0.25) is 0 Å². The van der Waals surface area contributed by atoms with Crippen molar-refractivity contribution in [3.05, 3.63) is 139 Å². The van der Waals surface area contributed by atoms with E-state index in [1.165, 1.54) is 54.9 Å². The molecule has 0 spiro atoms. The lowest BCUT2D eigenvalue weighted by atomic mass is 9.76. The number of aromatic amines is 1. The molecule has 1 aliphatic carbocycles. The van der Waals surface area contributed by atoms with Crippen molar-refractivity contribution in [2.24, 2.45) is 0 Å². The van der Waals surface area contributed by atoms with Crippen molar-refractivity contribution in [1.82, 2.24) is 4.98 Å². The third-order valence-corrected chi connectivity index (χ3v) is 9.88. The van der Waals surface area contributed by atoms with Crippen molar-refractivity contribution in [2.45, 2.75) is 19.3 Å². The van der Waals surface area contributed by atoms with E-state index in [1.54, 1.807) is 0 Å². The van der Waals surface area contributed by atoms with Crippen LogP contribution >= 0.6 is 0 Å². The van der Waals surface area contributed by atoms with Crippen molar-refractivity contribution in [3.8, 4) is 22.3 Å². The molecule has 0 amide bonds. The van der Waals surface area contributed by atoms with Crippen LogP contribution in [-0.2, 0) is 0 Å². The Bertz CT molecular complexity index is 2700. The molecule has 0 saturated carbocycles. The molecule has 9 aromatic rings. The Hall–Kier alpha value is -5.78. The fourth-order valence-electron chi connectivity index (χ4n) is 7.87. The van der Waals surface area contributed by atoms with Crippen LogP contribution in [0.2, 0.25) is 0 Å². The smallest absolute Gasteiger partial charge is 0.143 e. The van der Waals surface area contributed by atoms with E-state index < -0.39 is 0 Å². The maximum atomic E-state index is 6.58. The summed E-state index contributed by atoms with van der Waals surface area (Å²) < 4.78 is 6.58. The fraction of sp³-hybridized carbons (Fsp3) is 0.0698. The quantitative estimate of drug-likeness (QED) is 0.219. The molecule has 2 aromatic heterocycles. The molecule has 1 atom stereocenters. The summed E-state index contributed by atoms with van der Waals surface area (Å²) in [6.07, 6.45) is 5.66. The second-order valence-electron chi connectivity index (χ2n) is 12.4. The summed E-state index contributed by atoms with van der Waals surface area (Å²) >= 11 is 0. The average Bonchev–Trinajstić information content (AvgIpc) is 3.66. The number of benzene rings is 6. The predicted molar refractivity (Wildman–Crippen MR) is 189 cm³/mol. The predicted octanol–water partition coefficient (Wildman–Crippen LogP) is 12.0. The first-order chi connectivity index (χ1) is 22.2. The maximum Gasteiger partial charge on any atom is 0.143 e. The standard InChI is InChI=1S/C43H27NO/c1-25-10-8-17-35-39(25)40(27-21-22-29-33-23-20-26-11-2-3-12-28(26)42(33)44-37(29)24-27)31-14-4-5-15-32(31)41(35)36-18-9-16-34-30-13-6-7-19-38(30)45-43(34)36/h2-3,5-9,11-13,15-25,44H,10H2,1H3. The Morgan fingerprint density at radius 3 is 2.53 bits per heavy atom. The number of nitrogens with one attached hydrogen (secondary N) is 1. The molecule has 1 N–H and O–H groups in total. The molecular formula is C43H27NO. The molecule has 0 aliphatic heterocycles. The summed E-state index contributed by atoms with van der Waals surface area (Å²) in [7, 11) is 0. The van der Waals surface area contributed by atoms with Crippen LogP contribution in [0.25, 0.3) is 93.6 Å². The maximum absolute atomic E-state index is 6.58. The summed E-state index contributed by atoms with van der Waals surface area (Å²) in [5.74, 6) is 0.342. The van der Waals surface area contributed by atoms with Gasteiger partial charge in [0, 0.05) is 54.5 Å². The van der Waals surface area contributed by atoms with Crippen LogP contribution in [0.15, 0.2) is 120 Å². The molecule has 0 saturated heterocycles. The number of hydrogen-bond donors (Lipinski definition) is 1. The number of hydrogen-bond acceptors (Lipinski definition) is 1. The Morgan fingerprint density at radius 2 is 1.58 bits per heavy atom.